The van der Waals surface area contributed by atoms with Gasteiger partial charge in [-0.1, -0.05) is 23.8 Å². The number of aryl methyl sites for hydroxylation is 2. The minimum atomic E-state index is 0.00571. The van der Waals surface area contributed by atoms with E-state index in [1.807, 2.05) is 0 Å². The number of hydrogen-bond donors (Lipinski definition) is 1. The Hall–Kier alpha value is -1.61. The summed E-state index contributed by atoms with van der Waals surface area (Å²) in [4.78, 5) is 12.6. The van der Waals surface area contributed by atoms with Crippen molar-refractivity contribution >= 4 is 22.2 Å². The molecule has 3 rings (SSSR count). The Labute approximate surface area is 117 Å². The van der Waals surface area contributed by atoms with Crippen molar-refractivity contribution in [3.63, 3.8) is 0 Å². The van der Waals surface area contributed by atoms with Gasteiger partial charge in [0.05, 0.1) is 5.00 Å². The summed E-state index contributed by atoms with van der Waals surface area (Å²) < 4.78 is 0. The third-order valence-corrected chi connectivity index (χ3v) is 5.00. The lowest BCUT2D eigenvalue weighted by Crippen LogP contribution is -2.06. The molecule has 0 spiro atoms. The molecule has 0 aliphatic heterocycles. The summed E-state index contributed by atoms with van der Waals surface area (Å²) in [7, 11) is 0. The molecule has 1 aliphatic rings. The molecular weight excluding hydrogens is 254 g/mol. The van der Waals surface area contributed by atoms with E-state index >= 15 is 0 Å². The number of amides is 1. The molecule has 2 nitrogen and oxygen atoms in total. The molecule has 3 heteroatoms. The normalized spacial score (nSPS) is 12.8. The van der Waals surface area contributed by atoms with Crippen LogP contribution < -0.4 is 5.32 Å². The highest BCUT2D eigenvalue weighted by Gasteiger charge is 2.22. The van der Waals surface area contributed by atoms with Crippen molar-refractivity contribution in [3.05, 3.63) is 40.5 Å². The van der Waals surface area contributed by atoms with Gasteiger partial charge in [-0.25, -0.2) is 0 Å². The van der Waals surface area contributed by atoms with Gasteiger partial charge < -0.3 is 5.32 Å². The fraction of sp³-hybridized carbons (Fsp3) is 0.312. The summed E-state index contributed by atoms with van der Waals surface area (Å²) in [5, 5.41) is 3.96. The number of benzene rings is 1. The molecule has 0 unspecified atom stereocenters. The molecule has 0 radical (unpaired) electrons. The first-order valence-corrected chi connectivity index (χ1v) is 7.37. The predicted molar refractivity (Wildman–Crippen MR) is 80.9 cm³/mol. The topological polar surface area (TPSA) is 29.1 Å². The van der Waals surface area contributed by atoms with Crippen LogP contribution in [0, 0.1) is 13.8 Å². The Morgan fingerprint density at radius 1 is 1.26 bits per heavy atom. The van der Waals surface area contributed by atoms with Crippen LogP contribution in [-0.4, -0.2) is 5.91 Å². The van der Waals surface area contributed by atoms with Crippen LogP contribution in [0.25, 0.3) is 10.4 Å². The van der Waals surface area contributed by atoms with E-state index in [9.17, 15) is 4.79 Å². The molecule has 0 saturated carbocycles. The zero-order valence-corrected chi connectivity index (χ0v) is 12.3. The van der Waals surface area contributed by atoms with Gasteiger partial charge in [-0.15, -0.1) is 11.3 Å². The summed E-state index contributed by atoms with van der Waals surface area (Å²) in [5.41, 5.74) is 6.72. The van der Waals surface area contributed by atoms with E-state index in [1.54, 1.807) is 18.3 Å². The average molecular weight is 271 g/mol. The van der Waals surface area contributed by atoms with Crippen molar-refractivity contribution in [2.75, 3.05) is 5.32 Å². The lowest BCUT2D eigenvalue weighted by molar-refractivity contribution is -0.114. The van der Waals surface area contributed by atoms with Crippen molar-refractivity contribution < 1.29 is 4.79 Å². The van der Waals surface area contributed by atoms with Crippen LogP contribution in [0.5, 0.6) is 0 Å². The fourth-order valence-electron chi connectivity index (χ4n) is 2.72. The largest absolute Gasteiger partial charge is 0.318 e. The Morgan fingerprint density at radius 3 is 2.79 bits per heavy atom. The summed E-state index contributed by atoms with van der Waals surface area (Å²) in [6, 6.07) is 6.68. The maximum atomic E-state index is 11.3. The number of rotatable bonds is 1. The minimum Gasteiger partial charge on any atom is -0.318 e. The molecule has 2 aromatic rings. The maximum absolute atomic E-state index is 11.3. The Bertz CT molecular complexity index is 670. The Morgan fingerprint density at radius 2 is 2.05 bits per heavy atom. The molecule has 0 bridgehead atoms. The molecule has 0 saturated heterocycles. The van der Waals surface area contributed by atoms with Gasteiger partial charge in [0.25, 0.3) is 0 Å². The summed E-state index contributed by atoms with van der Waals surface area (Å²) in [5.74, 6) is 0.00571. The number of nitrogens with one attached hydrogen (secondary N) is 1. The van der Waals surface area contributed by atoms with Crippen LogP contribution in [0.1, 0.15) is 29.2 Å². The van der Waals surface area contributed by atoms with E-state index in [-0.39, 0.29) is 5.91 Å². The number of carbonyl (C=O) groups is 1. The lowest BCUT2D eigenvalue weighted by atomic mass is 9.89. The first kappa shape index (κ1) is 12.4. The molecule has 1 aromatic carbocycles. The average Bonchev–Trinajstić information content (AvgIpc) is 2.66. The number of carbonyl (C=O) groups excluding carboxylic acids is 1. The van der Waals surface area contributed by atoms with E-state index in [0.29, 0.717) is 0 Å². The number of hydrogen-bond acceptors (Lipinski definition) is 2. The van der Waals surface area contributed by atoms with Crippen molar-refractivity contribution in [3.8, 4) is 10.4 Å². The molecule has 0 fully saturated rings. The molecule has 1 amide bonds. The fourth-order valence-corrected chi connectivity index (χ4v) is 4.08. The minimum absolute atomic E-state index is 0.00571. The summed E-state index contributed by atoms with van der Waals surface area (Å²) in [6.07, 6.45) is 2.17. The van der Waals surface area contributed by atoms with Gasteiger partial charge in [-0.05, 0) is 48.9 Å². The van der Waals surface area contributed by atoms with Crippen LogP contribution >= 0.6 is 11.3 Å². The zero-order chi connectivity index (χ0) is 13.6. The van der Waals surface area contributed by atoms with Crippen molar-refractivity contribution in [1.82, 2.24) is 0 Å². The van der Waals surface area contributed by atoms with Gasteiger partial charge in [0.2, 0.25) is 5.91 Å². The monoisotopic (exact) mass is 271 g/mol. The van der Waals surface area contributed by atoms with Gasteiger partial charge in [0.15, 0.2) is 0 Å². The van der Waals surface area contributed by atoms with Gasteiger partial charge in [0.1, 0.15) is 0 Å². The highest BCUT2D eigenvalue weighted by atomic mass is 32.1. The second-order valence-electron chi connectivity index (χ2n) is 5.21. The van der Waals surface area contributed by atoms with Crippen LogP contribution in [0.2, 0.25) is 0 Å². The van der Waals surface area contributed by atoms with Crippen LogP contribution in [0.3, 0.4) is 0 Å². The van der Waals surface area contributed by atoms with Crippen molar-refractivity contribution in [2.45, 2.75) is 33.6 Å². The number of anilines is 1. The molecule has 1 aliphatic carbocycles. The lowest BCUT2D eigenvalue weighted by Gasteiger charge is -2.17. The molecule has 19 heavy (non-hydrogen) atoms. The van der Waals surface area contributed by atoms with Gasteiger partial charge >= 0.3 is 0 Å². The third kappa shape index (κ3) is 2.08. The van der Waals surface area contributed by atoms with Crippen LogP contribution in [0.15, 0.2) is 18.2 Å². The summed E-state index contributed by atoms with van der Waals surface area (Å²) in [6.45, 7) is 5.81. The Balaban J connectivity index is 2.16. The summed E-state index contributed by atoms with van der Waals surface area (Å²) >= 11 is 1.71. The molecule has 98 valence electrons. The molecular formula is C16H17NOS. The number of thiophene rings is 1. The highest BCUT2D eigenvalue weighted by molar-refractivity contribution is 7.20. The molecule has 1 N–H and O–H groups in total. The second-order valence-corrected chi connectivity index (χ2v) is 6.23. The zero-order valence-electron chi connectivity index (χ0n) is 11.5. The van der Waals surface area contributed by atoms with Gasteiger partial charge in [0, 0.05) is 11.8 Å². The highest BCUT2D eigenvalue weighted by Crippen LogP contribution is 2.44. The van der Waals surface area contributed by atoms with E-state index in [1.165, 1.54) is 32.7 Å². The Kier molecular flexibility index (Phi) is 2.94. The van der Waals surface area contributed by atoms with E-state index in [4.69, 9.17) is 0 Å². The smallest absolute Gasteiger partial charge is 0.221 e. The molecule has 0 atom stereocenters. The van der Waals surface area contributed by atoms with Crippen LogP contribution in [0.4, 0.5) is 5.00 Å². The van der Waals surface area contributed by atoms with E-state index in [2.05, 4.69) is 37.4 Å². The quantitative estimate of drug-likeness (QED) is 0.831. The van der Waals surface area contributed by atoms with Crippen molar-refractivity contribution in [2.24, 2.45) is 0 Å². The van der Waals surface area contributed by atoms with E-state index in [0.717, 1.165) is 17.8 Å². The SMILES string of the molecule is CC(=O)Nc1sc2c(c1C)CCc1ccc(C)cc1-2. The predicted octanol–water partition coefficient (Wildman–Crippen LogP) is 4.09. The van der Waals surface area contributed by atoms with Gasteiger partial charge in [-0.2, -0.15) is 0 Å². The van der Waals surface area contributed by atoms with E-state index < -0.39 is 0 Å². The standard InChI is InChI=1S/C16H17NOS/c1-9-4-5-12-6-7-13-10(2)16(17-11(3)18)19-15(13)14(12)8-9/h4-5,8H,6-7H2,1-3H3,(H,17,18). The second kappa shape index (κ2) is 4.49. The van der Waals surface area contributed by atoms with Crippen molar-refractivity contribution in [1.29, 1.82) is 0 Å². The first-order chi connectivity index (χ1) is 9.06. The van der Waals surface area contributed by atoms with Gasteiger partial charge in [-0.3, -0.25) is 4.79 Å². The molecule has 1 heterocycles. The first-order valence-electron chi connectivity index (χ1n) is 6.56. The molecule has 1 aromatic heterocycles. The number of fused-ring (bicyclic) bond motifs is 3. The maximum Gasteiger partial charge on any atom is 0.221 e. The van der Waals surface area contributed by atoms with Crippen LogP contribution in [-0.2, 0) is 17.6 Å². The third-order valence-electron chi connectivity index (χ3n) is 3.72.